The number of furan rings is 1. The van der Waals surface area contributed by atoms with Crippen LogP contribution in [0.5, 0.6) is 23.0 Å². The molecule has 4 aromatic carbocycles. The number of nitriles is 1. The number of hydrogen-bond donors (Lipinski definition) is 1. The highest BCUT2D eigenvalue weighted by atomic mass is 19.1. The Morgan fingerprint density at radius 2 is 1.76 bits per heavy atom. The Balaban J connectivity index is 1.30. The molecule has 2 heterocycles. The van der Waals surface area contributed by atoms with Gasteiger partial charge < -0.3 is 29.1 Å². The highest BCUT2D eigenvalue weighted by molar-refractivity contribution is 5.97. The Morgan fingerprint density at radius 1 is 0.978 bits per heavy atom. The van der Waals surface area contributed by atoms with Crippen LogP contribution >= 0.6 is 0 Å². The number of allylic oxidation sites excluding steroid dienone is 1. The van der Waals surface area contributed by atoms with Crippen molar-refractivity contribution in [2.24, 2.45) is 5.73 Å². The second-order valence-electron chi connectivity index (χ2n) is 11.0. The Bertz CT molecular complexity index is 2070. The first kappa shape index (κ1) is 30.3. The summed E-state index contributed by atoms with van der Waals surface area (Å²) in [4.78, 5) is 13.2. The van der Waals surface area contributed by atoms with Crippen molar-refractivity contribution < 1.29 is 32.5 Å². The number of nitrogens with two attached hydrogens (primary N) is 1. The molecule has 1 atom stereocenters. The lowest BCUT2D eigenvalue weighted by Crippen LogP contribution is -2.21. The molecule has 0 spiro atoms. The summed E-state index contributed by atoms with van der Waals surface area (Å²) in [7, 11) is 0. The van der Waals surface area contributed by atoms with Crippen molar-refractivity contribution in [3.63, 3.8) is 0 Å². The van der Waals surface area contributed by atoms with Gasteiger partial charge in [0.25, 0.3) is 0 Å². The molecule has 0 aliphatic carbocycles. The summed E-state index contributed by atoms with van der Waals surface area (Å²) in [6, 6.07) is 22.7. The van der Waals surface area contributed by atoms with Crippen LogP contribution in [0.25, 0.3) is 11.0 Å². The number of fused-ring (bicyclic) bond motifs is 2. The lowest BCUT2D eigenvalue weighted by atomic mass is 9.83. The molecule has 1 aromatic heterocycles. The monoisotopic (exact) mass is 618 g/mol. The third-order valence-electron chi connectivity index (χ3n) is 8.08. The molecule has 0 saturated heterocycles. The van der Waals surface area contributed by atoms with E-state index in [4.69, 9.17) is 29.1 Å². The van der Waals surface area contributed by atoms with Crippen LogP contribution in [-0.2, 0) is 6.61 Å². The van der Waals surface area contributed by atoms with Gasteiger partial charge in [-0.25, -0.2) is 9.18 Å². The summed E-state index contributed by atoms with van der Waals surface area (Å²) in [6.45, 7) is 8.01. The molecule has 2 N–H and O–H groups in total. The zero-order valence-corrected chi connectivity index (χ0v) is 25.8. The van der Waals surface area contributed by atoms with Crippen LogP contribution in [-0.4, -0.2) is 12.6 Å². The number of benzene rings is 4. The molecule has 9 heteroatoms. The van der Waals surface area contributed by atoms with Crippen LogP contribution in [0.2, 0.25) is 0 Å². The van der Waals surface area contributed by atoms with E-state index >= 15 is 0 Å². The van der Waals surface area contributed by atoms with E-state index in [1.54, 1.807) is 54.6 Å². The van der Waals surface area contributed by atoms with Crippen LogP contribution in [0.3, 0.4) is 0 Å². The van der Waals surface area contributed by atoms with E-state index in [0.29, 0.717) is 51.7 Å². The molecule has 232 valence electrons. The van der Waals surface area contributed by atoms with E-state index in [-0.39, 0.29) is 35.4 Å². The molecule has 0 amide bonds. The summed E-state index contributed by atoms with van der Waals surface area (Å²) in [5.74, 6) is -0.177. The van der Waals surface area contributed by atoms with Gasteiger partial charge in [0, 0.05) is 28.1 Å². The molecule has 46 heavy (non-hydrogen) atoms. The lowest BCUT2D eigenvalue weighted by Gasteiger charge is -2.27. The molecule has 1 aliphatic heterocycles. The number of aryl methyl sites for hydroxylation is 3. The molecule has 0 radical (unpaired) electrons. The van der Waals surface area contributed by atoms with E-state index < -0.39 is 11.9 Å². The first-order valence-corrected chi connectivity index (χ1v) is 14.8. The van der Waals surface area contributed by atoms with Crippen molar-refractivity contribution in [3.8, 4) is 29.1 Å². The maximum absolute atomic E-state index is 14.2. The zero-order valence-electron chi connectivity index (χ0n) is 25.8. The zero-order chi connectivity index (χ0) is 32.5. The maximum atomic E-state index is 14.2. The minimum atomic E-state index is -0.648. The van der Waals surface area contributed by atoms with E-state index in [1.165, 1.54) is 6.07 Å². The van der Waals surface area contributed by atoms with Crippen molar-refractivity contribution in [2.75, 3.05) is 6.61 Å². The van der Waals surface area contributed by atoms with Gasteiger partial charge in [0.05, 0.1) is 12.5 Å². The standard InChI is InChI=1S/C37H31FN2O6/c1-5-42-33-16-23(10-13-30(33)43-19-24-8-6-7-9-29(24)38)34-26-12-11-25(17-32(26)46-36(40)28(34)18-39)44-37(41)35-22(4)27-14-20(2)21(3)15-31(27)45-35/h6-17,34H,5,19,40H2,1-4H3. The minimum absolute atomic E-state index is 0.0107. The maximum Gasteiger partial charge on any atom is 0.379 e. The Kier molecular flexibility index (Phi) is 8.12. The van der Waals surface area contributed by atoms with Crippen LogP contribution in [0.15, 0.2) is 88.7 Å². The van der Waals surface area contributed by atoms with Gasteiger partial charge in [-0.15, -0.1) is 0 Å². The summed E-state index contributed by atoms with van der Waals surface area (Å²) in [5, 5.41) is 10.9. The average molecular weight is 619 g/mol. The van der Waals surface area contributed by atoms with Gasteiger partial charge in [-0.2, -0.15) is 5.26 Å². The number of nitrogens with zero attached hydrogens (tertiary/aromatic N) is 1. The molecule has 0 bridgehead atoms. The summed E-state index contributed by atoms with van der Waals surface area (Å²) < 4.78 is 43.4. The van der Waals surface area contributed by atoms with Gasteiger partial charge in [0.2, 0.25) is 11.6 Å². The molecule has 0 fully saturated rings. The number of rotatable bonds is 8. The molecule has 1 unspecified atom stereocenters. The van der Waals surface area contributed by atoms with Crippen LogP contribution in [0, 0.1) is 37.9 Å². The molecule has 1 aliphatic rings. The second kappa shape index (κ2) is 12.3. The van der Waals surface area contributed by atoms with E-state index in [1.807, 2.05) is 39.8 Å². The van der Waals surface area contributed by atoms with Crippen molar-refractivity contribution in [3.05, 3.63) is 129 Å². The lowest BCUT2D eigenvalue weighted by molar-refractivity contribution is 0.0702. The van der Waals surface area contributed by atoms with Gasteiger partial charge in [-0.3, -0.25) is 0 Å². The Morgan fingerprint density at radius 3 is 2.52 bits per heavy atom. The SMILES string of the molecule is CCOc1cc(C2C(C#N)=C(N)Oc3cc(OC(=O)c4oc5cc(C)c(C)cc5c4C)ccc32)ccc1OCc1ccccc1F. The highest BCUT2D eigenvalue weighted by Gasteiger charge is 2.32. The predicted molar refractivity (Wildman–Crippen MR) is 169 cm³/mol. The largest absolute Gasteiger partial charge is 0.490 e. The normalized spacial score (nSPS) is 14.0. The first-order chi connectivity index (χ1) is 22.2. The molecule has 8 nitrogen and oxygen atoms in total. The highest BCUT2D eigenvalue weighted by Crippen LogP contribution is 2.45. The van der Waals surface area contributed by atoms with Crippen LogP contribution in [0.1, 0.15) is 56.8 Å². The predicted octanol–water partition coefficient (Wildman–Crippen LogP) is 7.91. The average Bonchev–Trinajstić information content (AvgIpc) is 3.35. The van der Waals surface area contributed by atoms with Crippen molar-refractivity contribution >= 4 is 16.9 Å². The molecule has 0 saturated carbocycles. The number of carbonyl (C=O) groups excluding carboxylic acids is 1. The first-order valence-electron chi connectivity index (χ1n) is 14.8. The number of esters is 1. The quantitative estimate of drug-likeness (QED) is 0.138. The van der Waals surface area contributed by atoms with Crippen LogP contribution < -0.4 is 24.7 Å². The van der Waals surface area contributed by atoms with Crippen molar-refractivity contribution in [1.29, 1.82) is 5.26 Å². The second-order valence-corrected chi connectivity index (χ2v) is 11.0. The Labute approximate surface area is 265 Å². The molecule has 5 aromatic rings. The number of carbonyl (C=O) groups is 1. The third kappa shape index (κ3) is 5.61. The fourth-order valence-electron chi connectivity index (χ4n) is 5.53. The minimum Gasteiger partial charge on any atom is -0.490 e. The molecular formula is C37H31FN2O6. The fourth-order valence-corrected chi connectivity index (χ4v) is 5.53. The number of hydrogen-bond acceptors (Lipinski definition) is 8. The van der Waals surface area contributed by atoms with Crippen molar-refractivity contribution in [1.82, 2.24) is 0 Å². The Hall–Kier alpha value is -5.75. The van der Waals surface area contributed by atoms with Gasteiger partial charge in [0.15, 0.2) is 11.5 Å². The smallest absolute Gasteiger partial charge is 0.379 e. The van der Waals surface area contributed by atoms with E-state index in [9.17, 15) is 14.4 Å². The number of halogens is 1. The topological polar surface area (TPSA) is 117 Å². The third-order valence-corrected chi connectivity index (χ3v) is 8.08. The van der Waals surface area contributed by atoms with Crippen molar-refractivity contribution in [2.45, 2.75) is 40.2 Å². The number of ether oxygens (including phenoxy) is 4. The van der Waals surface area contributed by atoms with Gasteiger partial charge in [0.1, 0.15) is 41.1 Å². The molecule has 6 rings (SSSR count). The van der Waals surface area contributed by atoms with E-state index in [0.717, 1.165) is 16.5 Å². The van der Waals surface area contributed by atoms with Gasteiger partial charge >= 0.3 is 5.97 Å². The van der Waals surface area contributed by atoms with E-state index in [2.05, 4.69) is 6.07 Å². The van der Waals surface area contributed by atoms with Gasteiger partial charge in [-0.05, 0) is 80.8 Å². The van der Waals surface area contributed by atoms with Crippen LogP contribution in [0.4, 0.5) is 4.39 Å². The van der Waals surface area contributed by atoms with Gasteiger partial charge in [-0.1, -0.05) is 30.3 Å². The fraction of sp³-hybridized carbons (Fsp3) is 0.189. The summed E-state index contributed by atoms with van der Waals surface area (Å²) >= 11 is 0. The summed E-state index contributed by atoms with van der Waals surface area (Å²) in [5.41, 5.74) is 11.6. The summed E-state index contributed by atoms with van der Waals surface area (Å²) in [6.07, 6.45) is 0. The molecular weight excluding hydrogens is 587 g/mol.